The highest BCUT2D eigenvalue weighted by Crippen LogP contribution is 2.22. The number of ether oxygens (including phenoxy) is 4. The summed E-state index contributed by atoms with van der Waals surface area (Å²) in [4.78, 5) is 25.1. The summed E-state index contributed by atoms with van der Waals surface area (Å²) in [5.74, 6) is -0.898. The molecule has 1 rings (SSSR count). The van der Waals surface area contributed by atoms with Gasteiger partial charge in [0.1, 0.15) is 31.0 Å². The van der Waals surface area contributed by atoms with E-state index < -0.39 is 55.4 Å². The molecule has 0 radical (unpaired) electrons. The molecule has 1 fully saturated rings. The molecule has 1 heterocycles. The van der Waals surface area contributed by atoms with Crippen LogP contribution in [0.2, 0.25) is 0 Å². The molecule has 0 spiro atoms. The zero-order valence-corrected chi connectivity index (χ0v) is 29.7. The molecule has 0 aliphatic carbocycles. The average Bonchev–Trinajstić information content (AvgIpc) is 3.10. The first kappa shape index (κ1) is 44.2. The molecule has 49 heavy (non-hydrogen) atoms. The molecular formula is C39H62O10. The highest BCUT2D eigenvalue weighted by Gasteiger charge is 2.44. The zero-order valence-electron chi connectivity index (χ0n) is 29.7. The SMILES string of the molecule is CC/C=C/C=C/C=C/C=C/CCCCCC(=O)OC(COC(=O)CCCCC/C=C/C=C/CCCC)CO[C@@H]1O[C@H](CO)[C@H](O)C(O)C1O. The van der Waals surface area contributed by atoms with Crippen molar-refractivity contribution in [1.82, 2.24) is 0 Å². The minimum absolute atomic E-state index is 0.174. The van der Waals surface area contributed by atoms with Crippen molar-refractivity contribution in [3.8, 4) is 0 Å². The number of esters is 2. The summed E-state index contributed by atoms with van der Waals surface area (Å²) in [6.45, 7) is 3.10. The van der Waals surface area contributed by atoms with Crippen molar-refractivity contribution in [2.75, 3.05) is 19.8 Å². The van der Waals surface area contributed by atoms with E-state index in [0.717, 1.165) is 51.4 Å². The molecule has 0 aromatic carbocycles. The van der Waals surface area contributed by atoms with Crippen LogP contribution in [0.15, 0.2) is 72.9 Å². The lowest BCUT2D eigenvalue weighted by Crippen LogP contribution is -2.59. The van der Waals surface area contributed by atoms with E-state index in [9.17, 15) is 30.0 Å². The molecule has 10 nitrogen and oxygen atoms in total. The fourth-order valence-electron chi connectivity index (χ4n) is 4.76. The van der Waals surface area contributed by atoms with Gasteiger partial charge in [-0.05, 0) is 51.4 Å². The normalized spacial score (nSPS) is 22.4. The van der Waals surface area contributed by atoms with Crippen molar-refractivity contribution in [3.63, 3.8) is 0 Å². The minimum atomic E-state index is -1.61. The topological polar surface area (TPSA) is 152 Å². The van der Waals surface area contributed by atoms with Crippen LogP contribution in [0.1, 0.15) is 104 Å². The molecule has 0 bridgehead atoms. The summed E-state index contributed by atoms with van der Waals surface area (Å²) in [7, 11) is 0. The van der Waals surface area contributed by atoms with E-state index in [1.165, 1.54) is 12.8 Å². The van der Waals surface area contributed by atoms with Gasteiger partial charge in [-0.25, -0.2) is 0 Å². The molecule has 6 atom stereocenters. The number of carbonyl (C=O) groups is 2. The van der Waals surface area contributed by atoms with E-state index >= 15 is 0 Å². The van der Waals surface area contributed by atoms with E-state index in [4.69, 9.17) is 18.9 Å². The van der Waals surface area contributed by atoms with Crippen molar-refractivity contribution in [1.29, 1.82) is 0 Å². The van der Waals surface area contributed by atoms with Crippen LogP contribution in [-0.4, -0.2) is 89.0 Å². The predicted molar refractivity (Wildman–Crippen MR) is 191 cm³/mol. The smallest absolute Gasteiger partial charge is 0.306 e. The van der Waals surface area contributed by atoms with Gasteiger partial charge in [-0.3, -0.25) is 9.59 Å². The molecule has 10 heteroatoms. The molecule has 0 aromatic heterocycles. The van der Waals surface area contributed by atoms with Crippen LogP contribution >= 0.6 is 0 Å². The number of carbonyl (C=O) groups excluding carboxylic acids is 2. The summed E-state index contributed by atoms with van der Waals surface area (Å²) in [5.41, 5.74) is 0. The Bertz CT molecular complexity index is 1030. The average molecular weight is 691 g/mol. The first-order valence-electron chi connectivity index (χ1n) is 18.1. The first-order valence-corrected chi connectivity index (χ1v) is 18.1. The van der Waals surface area contributed by atoms with Gasteiger partial charge in [0.2, 0.25) is 0 Å². The highest BCUT2D eigenvalue weighted by atomic mass is 16.7. The fourth-order valence-corrected chi connectivity index (χ4v) is 4.76. The highest BCUT2D eigenvalue weighted by molar-refractivity contribution is 5.70. The summed E-state index contributed by atoms with van der Waals surface area (Å²) < 4.78 is 21.9. The van der Waals surface area contributed by atoms with Crippen LogP contribution < -0.4 is 0 Å². The van der Waals surface area contributed by atoms with E-state index in [1.54, 1.807) is 0 Å². The van der Waals surface area contributed by atoms with E-state index in [1.807, 2.05) is 36.5 Å². The maximum Gasteiger partial charge on any atom is 0.306 e. The Morgan fingerprint density at radius 1 is 0.653 bits per heavy atom. The van der Waals surface area contributed by atoms with Crippen LogP contribution in [0.3, 0.4) is 0 Å². The number of hydrogen-bond acceptors (Lipinski definition) is 10. The van der Waals surface area contributed by atoms with E-state index in [0.29, 0.717) is 12.8 Å². The van der Waals surface area contributed by atoms with Gasteiger partial charge in [-0.15, -0.1) is 0 Å². The number of hydrogen-bond donors (Lipinski definition) is 4. The van der Waals surface area contributed by atoms with Crippen molar-refractivity contribution in [2.45, 2.75) is 141 Å². The van der Waals surface area contributed by atoms with Gasteiger partial charge in [-0.1, -0.05) is 112 Å². The first-order chi connectivity index (χ1) is 23.8. The second kappa shape index (κ2) is 30.0. The van der Waals surface area contributed by atoms with Gasteiger partial charge >= 0.3 is 11.9 Å². The van der Waals surface area contributed by atoms with Gasteiger partial charge < -0.3 is 39.4 Å². The molecule has 1 aliphatic rings. The fraction of sp³-hybridized carbons (Fsp3) is 0.641. The van der Waals surface area contributed by atoms with Crippen molar-refractivity contribution < 1.29 is 49.0 Å². The maximum atomic E-state index is 12.6. The van der Waals surface area contributed by atoms with E-state index in [-0.39, 0.29) is 26.1 Å². The Hall–Kier alpha value is -2.86. The zero-order chi connectivity index (χ0) is 36.0. The lowest BCUT2D eigenvalue weighted by Gasteiger charge is -2.39. The predicted octanol–water partition coefficient (Wildman–Crippen LogP) is 6.10. The molecule has 3 unspecified atom stereocenters. The van der Waals surface area contributed by atoms with Crippen molar-refractivity contribution >= 4 is 11.9 Å². The molecule has 1 aliphatic heterocycles. The number of aliphatic hydroxyl groups excluding tert-OH is 4. The largest absolute Gasteiger partial charge is 0.462 e. The quantitative estimate of drug-likeness (QED) is 0.0452. The van der Waals surface area contributed by atoms with Crippen LogP contribution in [0.4, 0.5) is 0 Å². The van der Waals surface area contributed by atoms with Crippen LogP contribution in [0, 0.1) is 0 Å². The van der Waals surface area contributed by atoms with E-state index in [2.05, 4.69) is 50.3 Å². The Balaban J connectivity index is 2.50. The third-order valence-electron chi connectivity index (χ3n) is 7.70. The molecule has 4 N–H and O–H groups in total. The molecule has 0 saturated carbocycles. The Morgan fingerprint density at radius 2 is 1.20 bits per heavy atom. The second-order valence-corrected chi connectivity index (χ2v) is 12.1. The third-order valence-corrected chi connectivity index (χ3v) is 7.70. The lowest BCUT2D eigenvalue weighted by atomic mass is 9.99. The standard InChI is InChI=1S/C39H62O10/c1-3-5-7-9-11-13-15-16-18-20-22-24-26-28-35(42)48-32(31-47-39-38(45)37(44)36(43)33(29-40)49-39)30-46-34(41)27-25-23-21-19-17-14-12-10-8-6-4-2/h5,7,9-18,32-33,36-40,43-45H,3-4,6,8,19-31H2,1-2H3/b7-5+,11-9+,12-10+,15-13+,17-14+,18-16+/t32?,33-,36+,37?,38?,39-/m1/s1. The summed E-state index contributed by atoms with van der Waals surface area (Å²) in [5, 5.41) is 39.8. The van der Waals surface area contributed by atoms with Crippen LogP contribution in [-0.2, 0) is 28.5 Å². The van der Waals surface area contributed by atoms with Crippen molar-refractivity contribution in [2.24, 2.45) is 0 Å². The number of aliphatic hydroxyl groups is 4. The molecular weight excluding hydrogens is 628 g/mol. The second-order valence-electron chi connectivity index (χ2n) is 12.1. The van der Waals surface area contributed by atoms with Gasteiger partial charge in [-0.2, -0.15) is 0 Å². The van der Waals surface area contributed by atoms with Crippen LogP contribution in [0.5, 0.6) is 0 Å². The van der Waals surface area contributed by atoms with Crippen LogP contribution in [0.25, 0.3) is 0 Å². The monoisotopic (exact) mass is 690 g/mol. The number of unbranched alkanes of at least 4 members (excludes halogenated alkanes) is 8. The number of rotatable bonds is 27. The maximum absolute atomic E-state index is 12.6. The molecule has 278 valence electrons. The molecule has 0 aromatic rings. The Morgan fingerprint density at radius 3 is 1.80 bits per heavy atom. The van der Waals surface area contributed by atoms with Gasteiger partial charge in [0.25, 0.3) is 0 Å². The van der Waals surface area contributed by atoms with Gasteiger partial charge in [0.05, 0.1) is 13.2 Å². The Kier molecular flexibility index (Phi) is 27.0. The lowest BCUT2D eigenvalue weighted by molar-refractivity contribution is -0.305. The molecule has 1 saturated heterocycles. The summed E-state index contributed by atoms with van der Waals surface area (Å²) in [6.07, 6.45) is 27.8. The van der Waals surface area contributed by atoms with Gasteiger partial charge in [0, 0.05) is 12.8 Å². The summed E-state index contributed by atoms with van der Waals surface area (Å²) >= 11 is 0. The number of allylic oxidation sites excluding steroid dienone is 12. The third kappa shape index (κ3) is 22.5. The minimum Gasteiger partial charge on any atom is -0.462 e. The Labute approximate surface area is 293 Å². The van der Waals surface area contributed by atoms with Crippen molar-refractivity contribution in [3.05, 3.63) is 72.9 Å². The molecule has 0 amide bonds. The summed E-state index contributed by atoms with van der Waals surface area (Å²) in [6, 6.07) is 0. The van der Waals surface area contributed by atoms with Gasteiger partial charge in [0.15, 0.2) is 12.4 Å².